The van der Waals surface area contributed by atoms with Crippen LogP contribution in [0.5, 0.6) is 0 Å². The van der Waals surface area contributed by atoms with Crippen molar-refractivity contribution in [2.45, 2.75) is 44.2 Å². The summed E-state index contributed by atoms with van der Waals surface area (Å²) < 4.78 is 34.8. The van der Waals surface area contributed by atoms with Crippen LogP contribution in [-0.2, 0) is 9.53 Å². The van der Waals surface area contributed by atoms with E-state index in [1.54, 1.807) is 6.07 Å². The molecule has 0 bridgehead atoms. The highest BCUT2D eigenvalue weighted by Gasteiger charge is 2.39. The van der Waals surface area contributed by atoms with Crippen LogP contribution in [0.2, 0.25) is 0 Å². The standard InChI is InChI=1S/C22H22F2N4O3/c1-10-4-12(29)7-17-19(10)13-5-11(6-14(23)21(13)26-17)20-15(24)8-25-22(28-20)27-16-2-3-31-9-18(16)30/h5-6,8,10,16,18-19,30H,2-4,7,9H2,1H3,(H,25,27,28)/t10?,16-,18-,19?/m1/s1. The van der Waals surface area contributed by atoms with Crippen LogP contribution >= 0.6 is 0 Å². The zero-order valence-corrected chi connectivity index (χ0v) is 16.9. The van der Waals surface area contributed by atoms with E-state index in [0.29, 0.717) is 30.7 Å². The molecule has 7 nitrogen and oxygen atoms in total. The molecule has 1 aromatic heterocycles. The fourth-order valence-electron chi connectivity index (χ4n) is 4.74. The summed E-state index contributed by atoms with van der Waals surface area (Å²) in [6.45, 7) is 2.64. The van der Waals surface area contributed by atoms with Crippen molar-refractivity contribution in [3.8, 4) is 11.3 Å². The van der Waals surface area contributed by atoms with Crippen molar-refractivity contribution in [1.29, 1.82) is 0 Å². The van der Waals surface area contributed by atoms with Crippen LogP contribution in [-0.4, -0.2) is 51.9 Å². The fourth-order valence-corrected chi connectivity index (χ4v) is 4.74. The number of aliphatic imine (C=N–C) groups is 1. The van der Waals surface area contributed by atoms with Crippen LogP contribution in [0.15, 0.2) is 23.3 Å². The molecular formula is C22H22F2N4O3. The summed E-state index contributed by atoms with van der Waals surface area (Å²) in [6.07, 6.45) is 1.50. The Morgan fingerprint density at radius 3 is 2.90 bits per heavy atom. The number of Topliss-reactive ketones (excluding diaryl/α,β-unsaturated/α-hetero) is 1. The second-order valence-corrected chi connectivity index (χ2v) is 8.45. The first-order valence-corrected chi connectivity index (χ1v) is 10.4. The van der Waals surface area contributed by atoms with Crippen LogP contribution < -0.4 is 5.32 Å². The highest BCUT2D eigenvalue weighted by Crippen LogP contribution is 2.47. The second-order valence-electron chi connectivity index (χ2n) is 8.45. The molecule has 0 amide bonds. The first kappa shape index (κ1) is 20.1. The molecule has 2 aromatic rings. The monoisotopic (exact) mass is 428 g/mol. The summed E-state index contributed by atoms with van der Waals surface area (Å²) in [6, 6.07) is 2.61. The number of nitrogens with one attached hydrogen (secondary N) is 1. The third-order valence-electron chi connectivity index (χ3n) is 6.20. The van der Waals surface area contributed by atoms with Gasteiger partial charge in [0.25, 0.3) is 0 Å². The Morgan fingerprint density at radius 2 is 2.10 bits per heavy atom. The van der Waals surface area contributed by atoms with E-state index in [1.165, 1.54) is 6.07 Å². The van der Waals surface area contributed by atoms with Gasteiger partial charge >= 0.3 is 0 Å². The largest absolute Gasteiger partial charge is 0.389 e. The first-order valence-electron chi connectivity index (χ1n) is 10.4. The number of nitrogens with zero attached hydrogens (tertiary/aromatic N) is 3. The number of carbonyl (C=O) groups is 1. The van der Waals surface area contributed by atoms with Crippen LogP contribution in [0.1, 0.15) is 37.7 Å². The van der Waals surface area contributed by atoms with Crippen molar-refractivity contribution in [1.82, 2.24) is 9.97 Å². The number of fused-ring (bicyclic) bond motifs is 3. The van der Waals surface area contributed by atoms with Crippen LogP contribution in [0.3, 0.4) is 0 Å². The van der Waals surface area contributed by atoms with Gasteiger partial charge < -0.3 is 15.2 Å². The number of hydrogen-bond donors (Lipinski definition) is 2. The van der Waals surface area contributed by atoms with Crippen molar-refractivity contribution < 1.29 is 23.4 Å². The van der Waals surface area contributed by atoms with E-state index in [0.717, 1.165) is 6.20 Å². The topological polar surface area (TPSA) is 96.7 Å². The number of ether oxygens (including phenoxy) is 1. The van der Waals surface area contributed by atoms with Crippen LogP contribution in [0, 0.1) is 17.6 Å². The van der Waals surface area contributed by atoms with E-state index in [4.69, 9.17) is 4.74 Å². The Bertz CT molecular complexity index is 1090. The van der Waals surface area contributed by atoms with Gasteiger partial charge in [-0.2, -0.15) is 0 Å². The SMILES string of the molecule is CC1CC(=O)CC2=Nc3c(F)cc(-c4nc(N[C@@H]5CCOC[C@H]5O)ncc4F)cc3C21. The molecule has 162 valence electrons. The summed E-state index contributed by atoms with van der Waals surface area (Å²) in [5.74, 6) is -1.15. The Hall–Kier alpha value is -2.78. The number of rotatable bonds is 3. The predicted octanol–water partition coefficient (Wildman–Crippen LogP) is 3.15. The number of ketones is 1. The normalized spacial score (nSPS) is 27.5. The number of aliphatic hydroxyl groups is 1. The molecule has 5 rings (SSSR count). The van der Waals surface area contributed by atoms with E-state index in [9.17, 15) is 18.7 Å². The number of benzene rings is 1. The molecule has 0 spiro atoms. The molecule has 1 saturated heterocycles. The molecule has 0 radical (unpaired) electrons. The minimum atomic E-state index is -0.727. The molecule has 2 fully saturated rings. The Morgan fingerprint density at radius 1 is 1.26 bits per heavy atom. The average molecular weight is 428 g/mol. The summed E-state index contributed by atoms with van der Waals surface area (Å²) in [4.78, 5) is 24.5. The smallest absolute Gasteiger partial charge is 0.223 e. The summed E-state index contributed by atoms with van der Waals surface area (Å²) >= 11 is 0. The van der Waals surface area contributed by atoms with Crippen molar-refractivity contribution in [3.05, 3.63) is 35.5 Å². The minimum absolute atomic E-state index is 0.00150. The minimum Gasteiger partial charge on any atom is -0.389 e. The molecule has 1 aliphatic carbocycles. The third-order valence-corrected chi connectivity index (χ3v) is 6.20. The lowest BCUT2D eigenvalue weighted by atomic mass is 9.75. The summed E-state index contributed by atoms with van der Waals surface area (Å²) in [5.41, 5.74) is 1.82. The number of aromatic nitrogens is 2. The number of carbonyl (C=O) groups excluding carboxylic acids is 1. The van der Waals surface area contributed by atoms with E-state index in [-0.39, 0.29) is 59.6 Å². The Kier molecular flexibility index (Phi) is 5.02. The summed E-state index contributed by atoms with van der Waals surface area (Å²) in [5, 5.41) is 13.1. The quantitative estimate of drug-likeness (QED) is 0.780. The lowest BCUT2D eigenvalue weighted by Crippen LogP contribution is -2.42. The molecule has 31 heavy (non-hydrogen) atoms. The molecule has 1 aromatic carbocycles. The zero-order chi connectivity index (χ0) is 21.7. The second kappa shape index (κ2) is 7.72. The van der Waals surface area contributed by atoms with Crippen molar-refractivity contribution in [3.63, 3.8) is 0 Å². The molecule has 9 heteroatoms. The van der Waals surface area contributed by atoms with Gasteiger partial charge in [-0.05, 0) is 30.0 Å². The van der Waals surface area contributed by atoms with Gasteiger partial charge in [0.15, 0.2) is 5.82 Å². The van der Waals surface area contributed by atoms with Gasteiger partial charge in [0.05, 0.1) is 24.9 Å². The van der Waals surface area contributed by atoms with Gasteiger partial charge in [0.2, 0.25) is 5.95 Å². The lowest BCUT2D eigenvalue weighted by Gasteiger charge is -2.28. The maximum Gasteiger partial charge on any atom is 0.223 e. The molecule has 3 aliphatic rings. The maximum absolute atomic E-state index is 14.9. The molecule has 1 saturated carbocycles. The zero-order valence-electron chi connectivity index (χ0n) is 16.9. The fraction of sp³-hybridized carbons (Fsp3) is 0.455. The number of hydrogen-bond acceptors (Lipinski definition) is 7. The van der Waals surface area contributed by atoms with Gasteiger partial charge in [-0.25, -0.2) is 18.7 Å². The molecule has 2 unspecified atom stereocenters. The average Bonchev–Trinajstić information content (AvgIpc) is 3.10. The van der Waals surface area contributed by atoms with E-state index in [2.05, 4.69) is 20.3 Å². The van der Waals surface area contributed by atoms with Crippen molar-refractivity contribution >= 4 is 23.1 Å². The van der Waals surface area contributed by atoms with E-state index < -0.39 is 17.7 Å². The molecule has 2 N–H and O–H groups in total. The predicted molar refractivity (Wildman–Crippen MR) is 109 cm³/mol. The van der Waals surface area contributed by atoms with Crippen molar-refractivity contribution in [2.24, 2.45) is 10.9 Å². The lowest BCUT2D eigenvalue weighted by molar-refractivity contribution is -0.119. The number of anilines is 1. The Labute approximate surface area is 177 Å². The van der Waals surface area contributed by atoms with Crippen LogP contribution in [0.4, 0.5) is 20.4 Å². The third kappa shape index (κ3) is 3.61. The molecule has 4 atom stereocenters. The van der Waals surface area contributed by atoms with Gasteiger partial charge in [0.1, 0.15) is 23.0 Å². The molecule has 3 heterocycles. The summed E-state index contributed by atoms with van der Waals surface area (Å²) in [7, 11) is 0. The maximum atomic E-state index is 14.9. The van der Waals surface area contributed by atoms with Gasteiger partial charge in [-0.1, -0.05) is 6.92 Å². The van der Waals surface area contributed by atoms with E-state index >= 15 is 0 Å². The Balaban J connectivity index is 1.50. The van der Waals surface area contributed by atoms with E-state index in [1.807, 2.05) is 6.92 Å². The molecular weight excluding hydrogens is 406 g/mol. The number of halogens is 2. The van der Waals surface area contributed by atoms with Crippen LogP contribution in [0.25, 0.3) is 11.3 Å². The van der Waals surface area contributed by atoms with Crippen molar-refractivity contribution in [2.75, 3.05) is 18.5 Å². The highest BCUT2D eigenvalue weighted by atomic mass is 19.1. The first-order chi connectivity index (χ1) is 14.9. The highest BCUT2D eigenvalue weighted by molar-refractivity contribution is 6.11. The van der Waals surface area contributed by atoms with Gasteiger partial charge in [-0.3, -0.25) is 9.79 Å². The molecule has 2 aliphatic heterocycles. The van der Waals surface area contributed by atoms with Gasteiger partial charge in [-0.15, -0.1) is 0 Å². The van der Waals surface area contributed by atoms with Gasteiger partial charge in [0, 0.05) is 36.6 Å². The number of aliphatic hydroxyl groups excluding tert-OH is 1.